The summed E-state index contributed by atoms with van der Waals surface area (Å²) in [5.74, 6) is -0.828. The largest absolute Gasteiger partial charge is 0.391 e. The highest BCUT2D eigenvalue weighted by molar-refractivity contribution is 7.99. The van der Waals surface area contributed by atoms with Crippen molar-refractivity contribution >= 4 is 80.9 Å². The molecule has 0 saturated carbocycles. The zero-order valence-corrected chi connectivity index (χ0v) is 64.8. The van der Waals surface area contributed by atoms with Crippen molar-refractivity contribution in [1.82, 2.24) is 34.8 Å². The first-order valence-corrected chi connectivity index (χ1v) is 40.5. The Hall–Kier alpha value is -6.74. The zero-order chi connectivity index (χ0) is 73.1. The number of piperidine rings is 2. The normalized spacial score (nSPS) is 21.6. The summed E-state index contributed by atoms with van der Waals surface area (Å²) in [6, 6.07) is 41.4. The van der Waals surface area contributed by atoms with Crippen LogP contribution < -0.4 is 15.5 Å². The van der Waals surface area contributed by atoms with E-state index in [9.17, 15) is 29.1 Å². The van der Waals surface area contributed by atoms with Crippen LogP contribution >= 0.6 is 34.7 Å². The molecule has 6 aromatic rings. The number of amides is 3. The van der Waals surface area contributed by atoms with E-state index in [0.29, 0.717) is 31.2 Å². The number of anilines is 2. The Labute approximate surface area is 631 Å². The Morgan fingerprint density at radius 3 is 2.14 bits per heavy atom. The van der Waals surface area contributed by atoms with Gasteiger partial charge in [0.25, 0.3) is 5.91 Å². The topological polar surface area (TPSA) is 171 Å². The van der Waals surface area contributed by atoms with Crippen LogP contribution in [0.2, 0.25) is 5.02 Å². The quantitative estimate of drug-likeness (QED) is 0.0329. The third-order valence-electron chi connectivity index (χ3n) is 23.5. The highest BCUT2D eigenvalue weighted by atomic mass is 35.5. The third kappa shape index (κ3) is 20.1. The van der Waals surface area contributed by atoms with Gasteiger partial charge in [0, 0.05) is 149 Å². The SMILES string of the molecule is Cc1cc(CNC(=O)c2ccc(N3CCN(CC4=C(c5ccc(Cl)cc5)CCC(C)(CN5CCC6(CC5)CCN(C(=O)CC(=O)C[C@H](C(=O)N5C[C@H](O)C[C@H]5C(=O)C[C@@H](C)c5ccc(-c7scnc7C)cc5)C(C)(C)C)CC6)C4)CC3)cc2)ccc1N[C@H](CCN1CCOCC1)CSc1ccccc1. The highest BCUT2D eigenvalue weighted by Gasteiger charge is 2.46. The van der Waals surface area contributed by atoms with Gasteiger partial charge in [0.05, 0.1) is 47.9 Å². The minimum absolute atomic E-state index is 0.0398. The van der Waals surface area contributed by atoms with Crippen molar-refractivity contribution < 1.29 is 33.8 Å². The summed E-state index contributed by atoms with van der Waals surface area (Å²) in [5.41, 5.74) is 14.0. The smallest absolute Gasteiger partial charge is 0.251 e. The van der Waals surface area contributed by atoms with Crippen molar-refractivity contribution in [2.45, 2.75) is 161 Å². The second-order valence-corrected chi connectivity index (χ2v) is 34.7. The number of carbonyl (C=O) groups is 5. The van der Waals surface area contributed by atoms with Gasteiger partial charge in [0.1, 0.15) is 5.78 Å². The fourth-order valence-electron chi connectivity index (χ4n) is 16.9. The summed E-state index contributed by atoms with van der Waals surface area (Å²) in [5, 5.41) is 18.7. The number of rotatable bonds is 27. The molecule has 6 heterocycles. The van der Waals surface area contributed by atoms with E-state index in [1.165, 1.54) is 32.1 Å². The number of carbonyl (C=O) groups excluding carboxylic acids is 5. The fraction of sp³-hybridized carbons (Fsp3) is 0.529. The summed E-state index contributed by atoms with van der Waals surface area (Å²) < 4.78 is 5.61. The molecule has 5 fully saturated rings. The summed E-state index contributed by atoms with van der Waals surface area (Å²) >= 11 is 9.96. The maximum Gasteiger partial charge on any atom is 0.251 e. The van der Waals surface area contributed by atoms with Crippen LogP contribution in [0, 0.1) is 36.0 Å². The van der Waals surface area contributed by atoms with Gasteiger partial charge < -0.3 is 40.1 Å². The van der Waals surface area contributed by atoms with Gasteiger partial charge in [-0.25, -0.2) is 4.98 Å². The molecular weight excluding hydrogens is 1360 g/mol. The molecule has 1 unspecified atom stereocenters. The van der Waals surface area contributed by atoms with E-state index in [-0.39, 0.29) is 78.3 Å². The zero-order valence-electron chi connectivity index (χ0n) is 62.4. The molecule has 3 N–H and O–H groups in total. The Morgan fingerprint density at radius 2 is 1.47 bits per heavy atom. The van der Waals surface area contributed by atoms with Crippen LogP contribution in [-0.4, -0.2) is 193 Å². The van der Waals surface area contributed by atoms with Gasteiger partial charge >= 0.3 is 0 Å². The molecular formula is C85H110ClN9O7S2. The minimum Gasteiger partial charge on any atom is -0.391 e. The Bertz CT molecular complexity index is 3930. The van der Waals surface area contributed by atoms with Gasteiger partial charge in [-0.3, -0.25) is 33.8 Å². The van der Waals surface area contributed by atoms with E-state index in [0.717, 1.165) is 186 Å². The number of allylic oxidation sites excluding steroid dienone is 1. The van der Waals surface area contributed by atoms with E-state index in [4.69, 9.17) is 16.3 Å². The monoisotopic (exact) mass is 1470 g/mol. The molecule has 5 aliphatic heterocycles. The maximum atomic E-state index is 14.6. The van der Waals surface area contributed by atoms with Crippen molar-refractivity contribution in [3.05, 3.63) is 171 Å². The number of aliphatic hydroxyl groups excluding tert-OH is 1. The lowest BCUT2D eigenvalue weighted by Crippen LogP contribution is -2.50. The van der Waals surface area contributed by atoms with Crippen molar-refractivity contribution in [1.29, 1.82) is 0 Å². The van der Waals surface area contributed by atoms with Crippen LogP contribution in [0.1, 0.15) is 156 Å². The molecule has 556 valence electrons. The number of β-amino-alcohol motifs (C(OH)–C–C–N with tert-alkyl or cyclic N) is 1. The first-order chi connectivity index (χ1) is 50.0. The first-order valence-electron chi connectivity index (χ1n) is 38.2. The third-order valence-corrected chi connectivity index (χ3v) is 25.9. The van der Waals surface area contributed by atoms with Crippen molar-refractivity contribution in [3.8, 4) is 10.4 Å². The number of thioether (sulfide) groups is 1. The van der Waals surface area contributed by atoms with Gasteiger partial charge in [0.2, 0.25) is 11.8 Å². The maximum absolute atomic E-state index is 14.6. The summed E-state index contributed by atoms with van der Waals surface area (Å²) in [4.78, 5) is 90.6. The number of benzene rings is 5. The molecule has 5 aromatic carbocycles. The number of thiazole rings is 1. The number of aromatic nitrogens is 1. The first kappa shape index (κ1) is 76.9. The molecule has 0 bridgehead atoms. The number of likely N-dealkylation sites (tertiary alicyclic amines) is 3. The molecule has 0 radical (unpaired) electrons. The van der Waals surface area contributed by atoms with Crippen LogP contribution in [0.3, 0.4) is 0 Å². The van der Waals surface area contributed by atoms with E-state index >= 15 is 0 Å². The van der Waals surface area contributed by atoms with E-state index in [2.05, 4.69) is 134 Å². The molecule has 1 aromatic heterocycles. The number of hydrogen-bond acceptors (Lipinski definition) is 15. The number of piperazine rings is 1. The van der Waals surface area contributed by atoms with Crippen molar-refractivity contribution in [2.75, 3.05) is 121 Å². The number of aliphatic hydroxyl groups is 1. The minimum atomic E-state index is -0.838. The Morgan fingerprint density at radius 1 is 0.779 bits per heavy atom. The van der Waals surface area contributed by atoms with Gasteiger partial charge in [-0.05, 0) is 188 Å². The number of ketones is 2. The molecule has 5 saturated heterocycles. The molecule has 6 atom stereocenters. The number of nitrogens with one attached hydrogen (secondary N) is 2. The lowest BCUT2D eigenvalue weighted by Gasteiger charge is -2.49. The fourth-order valence-corrected chi connectivity index (χ4v) is 18.8. The van der Waals surface area contributed by atoms with Gasteiger partial charge in [0.15, 0.2) is 5.78 Å². The number of ether oxygens (including phenoxy) is 1. The number of nitrogens with zero attached hydrogens (tertiary/aromatic N) is 7. The number of Topliss-reactive ketones (excluding diaryl/α,β-unsaturated/α-hetero) is 2. The predicted molar refractivity (Wildman–Crippen MR) is 422 cm³/mol. The van der Waals surface area contributed by atoms with Crippen LogP contribution in [0.5, 0.6) is 0 Å². The van der Waals surface area contributed by atoms with Crippen LogP contribution in [0.4, 0.5) is 11.4 Å². The van der Waals surface area contributed by atoms with Crippen LogP contribution in [0.25, 0.3) is 16.0 Å². The second-order valence-electron chi connectivity index (χ2n) is 32.3. The van der Waals surface area contributed by atoms with Crippen molar-refractivity contribution in [2.24, 2.45) is 22.2 Å². The van der Waals surface area contributed by atoms with E-state index in [1.807, 2.05) is 93.2 Å². The molecule has 1 spiro atoms. The average Bonchev–Trinajstić information content (AvgIpc) is 1.27. The van der Waals surface area contributed by atoms with Crippen molar-refractivity contribution in [3.63, 3.8) is 0 Å². The summed E-state index contributed by atoms with van der Waals surface area (Å²) in [6.07, 6.45) is 7.42. The lowest BCUT2D eigenvalue weighted by atomic mass is 9.69. The Kier molecular flexibility index (Phi) is 25.8. The molecule has 12 rings (SSSR count). The number of halogens is 1. The summed E-state index contributed by atoms with van der Waals surface area (Å²) in [6.45, 7) is 28.5. The highest BCUT2D eigenvalue weighted by Crippen LogP contribution is 2.47. The Balaban J connectivity index is 0.582. The molecule has 104 heavy (non-hydrogen) atoms. The molecule has 19 heteroatoms. The molecule has 6 aliphatic rings. The molecule has 1 aliphatic carbocycles. The van der Waals surface area contributed by atoms with Gasteiger partial charge in [-0.2, -0.15) is 0 Å². The number of aryl methyl sites for hydroxylation is 2. The molecule has 16 nitrogen and oxygen atoms in total. The van der Waals surface area contributed by atoms with Crippen LogP contribution in [-0.2, 0) is 30.5 Å². The standard InChI is InChI=1S/C85H110ClN9O7S2/c1-59(63-14-16-65(17-15-63)80-61(3)88-58-104-80)48-78(98)77-50-72(97)55-95(77)82(101)75(83(4,5)6)49-71(96)51-79(99)94-37-32-85(33-38-94)30-35-92(36-31-85)57-84(7)29-27-74(64-18-22-68(86)23-19-64)67(52-84)54-91-39-41-93(42-40-91)70-24-20-66(21-25-70)81(100)87-53-62-13-26-76(60(2)47-62)89-69(28-34-90-43-45-102-46-44-90)56-103-73-11-9-8-10-12-73/h8-26,47,58-59,69,72,75,77,89,97H,27-46,48-57H2,1-7H3,(H,87,100)/t59-,69-,72-,75-,77+,84?/m1/s1. The van der Waals surface area contributed by atoms with Gasteiger partial charge in [-0.15, -0.1) is 23.1 Å². The lowest BCUT2D eigenvalue weighted by molar-refractivity contribution is -0.147. The second kappa shape index (κ2) is 34.9. The predicted octanol–water partition coefficient (Wildman–Crippen LogP) is 14.5. The summed E-state index contributed by atoms with van der Waals surface area (Å²) in [7, 11) is 0. The average molecular weight is 1470 g/mol. The van der Waals surface area contributed by atoms with E-state index < -0.39 is 23.5 Å². The van der Waals surface area contributed by atoms with Crippen LogP contribution in [0.15, 0.2) is 137 Å². The number of morpholine rings is 1. The van der Waals surface area contributed by atoms with Gasteiger partial charge in [-0.1, -0.05) is 119 Å². The molecule has 3 amide bonds. The number of hydrogen-bond donors (Lipinski definition) is 3. The van der Waals surface area contributed by atoms with E-state index in [1.54, 1.807) is 11.3 Å².